The minimum atomic E-state index is -3.52. The average Bonchev–Trinajstić information content (AvgIpc) is 3.13. The van der Waals surface area contributed by atoms with Crippen molar-refractivity contribution in [2.75, 3.05) is 18.9 Å². The predicted molar refractivity (Wildman–Crippen MR) is 119 cm³/mol. The van der Waals surface area contributed by atoms with Crippen molar-refractivity contribution >= 4 is 32.6 Å². The van der Waals surface area contributed by atoms with Crippen molar-refractivity contribution in [3.8, 4) is 0 Å². The number of amides is 1. The van der Waals surface area contributed by atoms with Gasteiger partial charge in [-0.25, -0.2) is 12.7 Å². The fourth-order valence-electron chi connectivity index (χ4n) is 3.25. The van der Waals surface area contributed by atoms with E-state index in [0.717, 1.165) is 35.8 Å². The van der Waals surface area contributed by atoms with Crippen molar-refractivity contribution < 1.29 is 17.6 Å². The van der Waals surface area contributed by atoms with Gasteiger partial charge in [-0.15, -0.1) is 0 Å². The highest BCUT2D eigenvalue weighted by Crippen LogP contribution is 2.24. The second-order valence-corrected chi connectivity index (χ2v) is 9.42. The van der Waals surface area contributed by atoms with Crippen LogP contribution in [-0.2, 0) is 27.7 Å². The van der Waals surface area contributed by atoms with Gasteiger partial charge in [0.2, 0.25) is 15.9 Å². The summed E-state index contributed by atoms with van der Waals surface area (Å²) in [6.07, 6.45) is 4.46. The van der Waals surface area contributed by atoms with E-state index >= 15 is 0 Å². The summed E-state index contributed by atoms with van der Waals surface area (Å²) in [6, 6.07) is 12.3. The van der Waals surface area contributed by atoms with Crippen molar-refractivity contribution in [3.63, 3.8) is 0 Å². The number of rotatable bonds is 9. The highest BCUT2D eigenvalue weighted by Gasteiger charge is 2.20. The Labute approximate surface area is 177 Å². The number of fused-ring (bicyclic) bond motifs is 1. The molecule has 1 N–H and O–H groups in total. The largest absolute Gasteiger partial charge is 0.464 e. The summed E-state index contributed by atoms with van der Waals surface area (Å²) >= 11 is 0. The van der Waals surface area contributed by atoms with E-state index in [9.17, 15) is 13.2 Å². The van der Waals surface area contributed by atoms with Crippen LogP contribution < -0.4 is 5.32 Å². The number of carbonyl (C=O) groups excluding carboxylic acids is 1. The molecule has 0 atom stereocenters. The molecule has 1 aromatic heterocycles. The average molecular weight is 429 g/mol. The van der Waals surface area contributed by atoms with Crippen LogP contribution in [-0.4, -0.2) is 32.2 Å². The number of unbranched alkanes of at least 4 members (excludes halogenated alkanes) is 1. The number of furan rings is 1. The van der Waals surface area contributed by atoms with E-state index in [1.165, 1.54) is 22.0 Å². The second-order valence-electron chi connectivity index (χ2n) is 7.37. The number of hydrogen-bond donors (Lipinski definition) is 1. The zero-order chi connectivity index (χ0) is 21.7. The van der Waals surface area contributed by atoms with Crippen molar-refractivity contribution in [2.45, 2.75) is 44.4 Å². The third-order valence-electron chi connectivity index (χ3n) is 5.15. The van der Waals surface area contributed by atoms with Gasteiger partial charge in [0.15, 0.2) is 0 Å². The lowest BCUT2D eigenvalue weighted by atomic mass is 10.1. The number of anilines is 1. The van der Waals surface area contributed by atoms with E-state index in [1.54, 1.807) is 25.4 Å². The molecule has 0 radical (unpaired) electrons. The first-order valence-corrected chi connectivity index (χ1v) is 11.6. The molecule has 0 spiro atoms. The van der Waals surface area contributed by atoms with E-state index in [4.69, 9.17) is 4.42 Å². The molecular formula is C23H28N2O4S. The molecule has 0 saturated heterocycles. The summed E-state index contributed by atoms with van der Waals surface area (Å²) in [5, 5.41) is 3.75. The fourth-order valence-corrected chi connectivity index (χ4v) is 4.46. The van der Waals surface area contributed by atoms with Crippen molar-refractivity contribution in [1.29, 1.82) is 0 Å². The Balaban J connectivity index is 1.66. The van der Waals surface area contributed by atoms with E-state index in [1.807, 2.05) is 25.1 Å². The Bertz CT molecular complexity index is 1120. The fraction of sp³-hybridized carbons (Fsp3) is 0.348. The van der Waals surface area contributed by atoms with Crippen LogP contribution in [0.25, 0.3) is 11.0 Å². The smallest absolute Gasteiger partial charge is 0.242 e. The topological polar surface area (TPSA) is 79.6 Å². The first-order valence-electron chi connectivity index (χ1n) is 10.2. The molecule has 3 aromatic rings. The Kier molecular flexibility index (Phi) is 6.95. The third kappa shape index (κ3) is 4.91. The highest BCUT2D eigenvalue weighted by molar-refractivity contribution is 7.89. The molecule has 0 unspecified atom stereocenters. The number of hydrogen-bond acceptors (Lipinski definition) is 4. The van der Waals surface area contributed by atoms with Gasteiger partial charge in [0.05, 0.1) is 17.6 Å². The van der Waals surface area contributed by atoms with E-state index in [2.05, 4.69) is 12.2 Å². The van der Waals surface area contributed by atoms with Gasteiger partial charge in [-0.2, -0.15) is 0 Å². The van der Waals surface area contributed by atoms with Gasteiger partial charge in [-0.05, 0) is 48.7 Å². The van der Waals surface area contributed by atoms with Crippen LogP contribution in [0.4, 0.5) is 5.69 Å². The molecule has 0 fully saturated rings. The summed E-state index contributed by atoms with van der Waals surface area (Å²) in [5.74, 6) is -0.187. The maximum absolute atomic E-state index is 12.6. The highest BCUT2D eigenvalue weighted by atomic mass is 32.2. The van der Waals surface area contributed by atoms with Crippen LogP contribution in [0.3, 0.4) is 0 Å². The quantitative estimate of drug-likeness (QED) is 0.540. The number of carbonyl (C=O) groups is 1. The first-order chi connectivity index (χ1) is 14.3. The normalized spacial score (nSPS) is 11.9. The Hall–Kier alpha value is -2.64. The number of nitrogens with zero attached hydrogens (tertiary/aromatic N) is 1. The van der Waals surface area contributed by atoms with Gasteiger partial charge in [0.1, 0.15) is 5.58 Å². The second kappa shape index (κ2) is 9.45. The molecular weight excluding hydrogens is 400 g/mol. The van der Waals surface area contributed by atoms with Gasteiger partial charge >= 0.3 is 0 Å². The molecule has 3 rings (SSSR count). The van der Waals surface area contributed by atoms with Gasteiger partial charge in [-0.1, -0.05) is 32.4 Å². The van der Waals surface area contributed by atoms with E-state index < -0.39 is 10.0 Å². The van der Waals surface area contributed by atoms with Crippen LogP contribution in [0.1, 0.15) is 37.8 Å². The third-order valence-corrected chi connectivity index (χ3v) is 7.02. The number of nitrogens with one attached hydrogen (secondary N) is 1. The summed E-state index contributed by atoms with van der Waals surface area (Å²) in [4.78, 5) is 12.7. The molecule has 0 saturated carbocycles. The minimum absolute atomic E-state index is 0.179. The number of aryl methyl sites for hydroxylation is 1. The molecule has 0 bridgehead atoms. The first kappa shape index (κ1) is 22.1. The lowest BCUT2D eigenvalue weighted by Crippen LogP contribution is -2.27. The molecule has 7 heteroatoms. The summed E-state index contributed by atoms with van der Waals surface area (Å²) in [5.41, 5.74) is 3.33. The standard InChI is InChI=1S/C23H28N2O4S/c1-4-6-13-25(3)30(27,28)20-10-8-19(9-11-20)24-23(26)15-18-16-29-22-14-17(5-2)7-12-21(18)22/h7-12,14,16H,4-6,13,15H2,1-3H3,(H,24,26). The molecule has 1 heterocycles. The molecule has 160 valence electrons. The van der Waals surface area contributed by atoms with Crippen molar-refractivity contribution in [1.82, 2.24) is 4.31 Å². The molecule has 0 aliphatic carbocycles. The lowest BCUT2D eigenvalue weighted by Gasteiger charge is -2.17. The zero-order valence-corrected chi connectivity index (χ0v) is 18.5. The molecule has 30 heavy (non-hydrogen) atoms. The molecule has 0 aliphatic rings. The van der Waals surface area contributed by atoms with Crippen LogP contribution in [0.2, 0.25) is 0 Å². The van der Waals surface area contributed by atoms with E-state index in [-0.39, 0.29) is 17.2 Å². The van der Waals surface area contributed by atoms with Gasteiger partial charge in [-0.3, -0.25) is 4.79 Å². The Morgan fingerprint density at radius 1 is 1.10 bits per heavy atom. The van der Waals surface area contributed by atoms with Crippen molar-refractivity contribution in [3.05, 3.63) is 59.9 Å². The van der Waals surface area contributed by atoms with Gasteiger partial charge in [0.25, 0.3) is 0 Å². The van der Waals surface area contributed by atoms with E-state index in [0.29, 0.717) is 12.2 Å². The summed E-state index contributed by atoms with van der Waals surface area (Å²) < 4.78 is 32.1. The Morgan fingerprint density at radius 3 is 2.50 bits per heavy atom. The monoisotopic (exact) mass is 428 g/mol. The van der Waals surface area contributed by atoms with Gasteiger partial charge < -0.3 is 9.73 Å². The minimum Gasteiger partial charge on any atom is -0.464 e. The van der Waals surface area contributed by atoms with Crippen LogP contribution in [0.15, 0.2) is 58.0 Å². The van der Waals surface area contributed by atoms with Crippen LogP contribution in [0, 0.1) is 0 Å². The van der Waals surface area contributed by atoms with Crippen LogP contribution >= 0.6 is 0 Å². The Morgan fingerprint density at radius 2 is 1.83 bits per heavy atom. The number of sulfonamides is 1. The maximum atomic E-state index is 12.6. The molecule has 1 amide bonds. The van der Waals surface area contributed by atoms with Gasteiger partial charge in [0, 0.05) is 30.2 Å². The molecule has 6 nitrogen and oxygen atoms in total. The molecule has 2 aromatic carbocycles. The van der Waals surface area contributed by atoms with Crippen molar-refractivity contribution in [2.24, 2.45) is 0 Å². The number of benzene rings is 2. The summed E-state index contributed by atoms with van der Waals surface area (Å²) in [6.45, 7) is 4.58. The molecule has 0 aliphatic heterocycles. The summed E-state index contributed by atoms with van der Waals surface area (Å²) in [7, 11) is -1.94. The lowest BCUT2D eigenvalue weighted by molar-refractivity contribution is -0.115. The zero-order valence-electron chi connectivity index (χ0n) is 17.6. The SMILES string of the molecule is CCCCN(C)S(=O)(=O)c1ccc(NC(=O)Cc2coc3cc(CC)ccc23)cc1. The van der Waals surface area contributed by atoms with Crippen LogP contribution in [0.5, 0.6) is 0 Å². The predicted octanol–water partition coefficient (Wildman–Crippen LogP) is 4.60. The maximum Gasteiger partial charge on any atom is 0.242 e.